The van der Waals surface area contributed by atoms with Crippen LogP contribution in [0.25, 0.3) is 0 Å². The molecule has 0 fully saturated rings. The van der Waals surface area contributed by atoms with Gasteiger partial charge in [0, 0.05) is 0 Å². The maximum Gasteiger partial charge on any atom is 0.475 e. The molecule has 5 nitrogen and oxygen atoms in total. The third-order valence-corrected chi connectivity index (χ3v) is 3.25. The molecule has 0 amide bonds. The molecule has 0 heterocycles. The van der Waals surface area contributed by atoms with Crippen LogP contribution in [0.3, 0.4) is 0 Å². The number of ether oxygens (including phenoxy) is 1. The molecular formula is C12H21O5P. The summed E-state index contributed by atoms with van der Waals surface area (Å²) in [5.74, 6) is 5.50. The zero-order chi connectivity index (χ0) is 13.7. The lowest BCUT2D eigenvalue weighted by Crippen LogP contribution is -2.00. The van der Waals surface area contributed by atoms with Crippen LogP contribution in [0.4, 0.5) is 0 Å². The summed E-state index contributed by atoms with van der Waals surface area (Å²) in [6.45, 7) is 6.76. The molecule has 18 heavy (non-hydrogen) atoms. The monoisotopic (exact) mass is 276 g/mol. The molecule has 0 atom stereocenters. The first-order valence-electron chi connectivity index (χ1n) is 5.84. The third kappa shape index (κ3) is 9.41. The third-order valence-electron chi connectivity index (χ3n) is 1.64. The van der Waals surface area contributed by atoms with Gasteiger partial charge in [-0.25, -0.2) is 4.57 Å². The van der Waals surface area contributed by atoms with E-state index in [-0.39, 0.29) is 19.8 Å². The van der Waals surface area contributed by atoms with Crippen LogP contribution < -0.4 is 0 Å². The highest BCUT2D eigenvalue weighted by molar-refractivity contribution is 7.48. The minimum absolute atomic E-state index is 0.153. The molecule has 0 rings (SSSR count). The van der Waals surface area contributed by atoms with Gasteiger partial charge in [-0.05, 0) is 20.8 Å². The molecule has 0 unspecified atom stereocenters. The quantitative estimate of drug-likeness (QED) is 0.266. The first-order chi connectivity index (χ1) is 8.68. The molecule has 0 aliphatic heterocycles. The van der Waals surface area contributed by atoms with Crippen LogP contribution in [-0.4, -0.2) is 33.0 Å². The smallest absolute Gasteiger partial charge is 0.365 e. The van der Waals surface area contributed by atoms with E-state index in [1.54, 1.807) is 32.9 Å². The molecule has 0 aromatic rings. The average Bonchev–Trinajstić information content (AvgIpc) is 2.33. The van der Waals surface area contributed by atoms with Crippen LogP contribution >= 0.6 is 7.82 Å². The topological polar surface area (TPSA) is 54.0 Å². The Morgan fingerprint density at radius 2 is 1.67 bits per heavy atom. The predicted octanol–water partition coefficient (Wildman–Crippen LogP) is 2.78. The van der Waals surface area contributed by atoms with Gasteiger partial charge in [0.2, 0.25) is 0 Å². The minimum Gasteiger partial charge on any atom is -0.365 e. The Morgan fingerprint density at radius 1 is 1.06 bits per heavy atom. The predicted molar refractivity (Wildman–Crippen MR) is 70.2 cm³/mol. The lowest BCUT2D eigenvalue weighted by molar-refractivity contribution is 0.130. The Hall–Kier alpha value is -0.630. The van der Waals surface area contributed by atoms with E-state index in [1.807, 2.05) is 0 Å². The zero-order valence-corrected chi connectivity index (χ0v) is 12.1. The van der Waals surface area contributed by atoms with Crippen molar-refractivity contribution in [2.45, 2.75) is 20.8 Å². The summed E-state index contributed by atoms with van der Waals surface area (Å²) in [7, 11) is -3.40. The van der Waals surface area contributed by atoms with Crippen LogP contribution in [0, 0.1) is 11.8 Å². The summed E-state index contributed by atoms with van der Waals surface area (Å²) in [5, 5.41) is 0. The van der Waals surface area contributed by atoms with Gasteiger partial charge in [-0.1, -0.05) is 18.1 Å². The fraction of sp³-hybridized carbons (Fsp3) is 0.667. The largest absolute Gasteiger partial charge is 0.475 e. The number of hydrogen-bond acceptors (Lipinski definition) is 5. The van der Waals surface area contributed by atoms with Crippen molar-refractivity contribution in [3.63, 3.8) is 0 Å². The van der Waals surface area contributed by atoms with E-state index in [0.717, 1.165) is 0 Å². The van der Waals surface area contributed by atoms with Crippen molar-refractivity contribution in [2.75, 3.05) is 33.0 Å². The molecule has 0 saturated carbocycles. The minimum atomic E-state index is -3.40. The summed E-state index contributed by atoms with van der Waals surface area (Å²) in [6, 6.07) is 0. The van der Waals surface area contributed by atoms with Crippen molar-refractivity contribution in [2.24, 2.45) is 0 Å². The highest BCUT2D eigenvalue weighted by Gasteiger charge is 2.24. The molecular weight excluding hydrogens is 255 g/mol. The molecule has 0 saturated heterocycles. The Labute approximate surface area is 109 Å². The highest BCUT2D eigenvalue weighted by Crippen LogP contribution is 2.48. The van der Waals surface area contributed by atoms with Crippen LogP contribution in [0.5, 0.6) is 0 Å². The molecule has 104 valence electrons. The maximum absolute atomic E-state index is 11.8. The highest BCUT2D eigenvalue weighted by atomic mass is 31.2. The van der Waals surface area contributed by atoms with E-state index in [0.29, 0.717) is 13.2 Å². The molecule has 0 aliphatic carbocycles. The average molecular weight is 276 g/mol. The van der Waals surface area contributed by atoms with Gasteiger partial charge in [0.15, 0.2) is 0 Å². The zero-order valence-electron chi connectivity index (χ0n) is 11.2. The van der Waals surface area contributed by atoms with E-state index in [9.17, 15) is 4.57 Å². The summed E-state index contributed by atoms with van der Waals surface area (Å²) in [4.78, 5) is 0. The Kier molecular flexibility index (Phi) is 11.1. The van der Waals surface area contributed by atoms with E-state index in [2.05, 4.69) is 11.8 Å². The van der Waals surface area contributed by atoms with Gasteiger partial charge in [-0.3, -0.25) is 13.6 Å². The maximum atomic E-state index is 11.8. The molecule has 0 N–H and O–H groups in total. The summed E-state index contributed by atoms with van der Waals surface area (Å²) >= 11 is 0. The van der Waals surface area contributed by atoms with E-state index < -0.39 is 7.82 Å². The molecule has 6 heteroatoms. The van der Waals surface area contributed by atoms with Gasteiger partial charge in [-0.15, -0.1) is 5.92 Å². The molecule has 0 aromatic heterocycles. The summed E-state index contributed by atoms with van der Waals surface area (Å²) in [6.07, 6.45) is 3.46. The van der Waals surface area contributed by atoms with Gasteiger partial charge in [0.05, 0.1) is 26.4 Å². The molecule has 0 aliphatic rings. The molecule has 0 spiro atoms. The van der Waals surface area contributed by atoms with E-state index in [4.69, 9.17) is 18.3 Å². The van der Waals surface area contributed by atoms with Gasteiger partial charge in [-0.2, -0.15) is 0 Å². The summed E-state index contributed by atoms with van der Waals surface area (Å²) in [5.41, 5.74) is 0. The van der Waals surface area contributed by atoms with Crippen LogP contribution in [0.2, 0.25) is 0 Å². The van der Waals surface area contributed by atoms with Crippen molar-refractivity contribution >= 4 is 7.82 Å². The number of phosphoric ester groups is 1. The van der Waals surface area contributed by atoms with Gasteiger partial charge >= 0.3 is 7.82 Å². The first kappa shape index (κ1) is 17.4. The number of hydrogen-bond donors (Lipinski definition) is 0. The second-order valence-electron chi connectivity index (χ2n) is 2.99. The van der Waals surface area contributed by atoms with Gasteiger partial charge < -0.3 is 4.74 Å². The number of phosphoric acid groups is 1. The van der Waals surface area contributed by atoms with Gasteiger partial charge in [0.1, 0.15) is 6.61 Å². The van der Waals surface area contributed by atoms with Crippen LogP contribution in [0.1, 0.15) is 20.8 Å². The lowest BCUT2D eigenvalue weighted by Gasteiger charge is -2.14. The Morgan fingerprint density at radius 3 is 2.22 bits per heavy atom. The fourth-order valence-electron chi connectivity index (χ4n) is 0.949. The molecule has 0 radical (unpaired) electrons. The second-order valence-corrected chi connectivity index (χ2v) is 4.66. The van der Waals surface area contributed by atoms with E-state index >= 15 is 0 Å². The van der Waals surface area contributed by atoms with Crippen molar-refractivity contribution in [3.8, 4) is 11.8 Å². The van der Waals surface area contributed by atoms with E-state index in [1.165, 1.54) is 0 Å². The second kappa shape index (κ2) is 11.5. The van der Waals surface area contributed by atoms with Crippen LogP contribution in [-0.2, 0) is 22.9 Å². The fourth-order valence-corrected chi connectivity index (χ4v) is 2.07. The SMILES string of the molecule is CC#CCOC/C=C\COP(=O)(OCC)OCC. The Balaban J connectivity index is 3.80. The van der Waals surface area contributed by atoms with Crippen LogP contribution in [0.15, 0.2) is 12.2 Å². The van der Waals surface area contributed by atoms with Gasteiger partial charge in [0.25, 0.3) is 0 Å². The van der Waals surface area contributed by atoms with Crippen molar-refractivity contribution < 1.29 is 22.9 Å². The lowest BCUT2D eigenvalue weighted by atomic mass is 10.5. The molecule has 0 bridgehead atoms. The van der Waals surface area contributed by atoms with Crippen molar-refractivity contribution in [3.05, 3.63) is 12.2 Å². The Bertz CT molecular complexity index is 319. The first-order valence-corrected chi connectivity index (χ1v) is 7.30. The van der Waals surface area contributed by atoms with Crippen molar-refractivity contribution in [1.82, 2.24) is 0 Å². The normalized spacial score (nSPS) is 11.5. The molecule has 0 aromatic carbocycles. The van der Waals surface area contributed by atoms with Crippen molar-refractivity contribution in [1.29, 1.82) is 0 Å². The standard InChI is InChI=1S/C12H21O5P/c1-4-7-10-14-11-8-9-12-17-18(13,15-5-2)16-6-3/h8-9H,5-6,10-12H2,1-3H3/b9-8-. The number of rotatable bonds is 10. The summed E-state index contributed by atoms with van der Waals surface area (Å²) < 4.78 is 32.0.